The Morgan fingerprint density at radius 1 is 1.38 bits per heavy atom. The Morgan fingerprint density at radius 3 is 2.79 bits per heavy atom. The number of hydrogen-bond acceptors (Lipinski definition) is 4. The third-order valence-electron chi connectivity index (χ3n) is 5.50. The van der Waals surface area contributed by atoms with Crippen LogP contribution in [0, 0.1) is 6.92 Å². The van der Waals surface area contributed by atoms with E-state index in [2.05, 4.69) is 40.6 Å². The molecule has 0 radical (unpaired) electrons. The maximum atomic E-state index is 12.1. The summed E-state index contributed by atoms with van der Waals surface area (Å²) in [6.07, 6.45) is 6.61. The number of likely N-dealkylation sites (tertiary alicyclic amines) is 1. The van der Waals surface area contributed by atoms with Crippen LogP contribution in [0.3, 0.4) is 0 Å². The molecule has 0 bridgehead atoms. The number of carbonyl (C=O) groups is 1. The molecule has 24 heavy (non-hydrogen) atoms. The van der Waals surface area contributed by atoms with Crippen LogP contribution < -0.4 is 5.32 Å². The summed E-state index contributed by atoms with van der Waals surface area (Å²) in [6.45, 7) is 5.26. The summed E-state index contributed by atoms with van der Waals surface area (Å²) >= 11 is 1.88. The summed E-state index contributed by atoms with van der Waals surface area (Å²) in [5.41, 5.74) is 1.11. The Bertz CT molecular complexity index is 742. The predicted molar refractivity (Wildman–Crippen MR) is 95.0 cm³/mol. The zero-order valence-electron chi connectivity index (χ0n) is 14.3. The average Bonchev–Trinajstić information content (AvgIpc) is 3.22. The molecule has 2 fully saturated rings. The van der Waals surface area contributed by atoms with Crippen molar-refractivity contribution in [2.75, 3.05) is 13.1 Å². The van der Waals surface area contributed by atoms with Crippen molar-refractivity contribution in [1.29, 1.82) is 0 Å². The van der Waals surface area contributed by atoms with Gasteiger partial charge in [0.1, 0.15) is 0 Å². The van der Waals surface area contributed by atoms with Crippen molar-refractivity contribution in [3.63, 3.8) is 0 Å². The molecule has 0 saturated carbocycles. The molecule has 1 spiro atoms. The number of aryl methyl sites for hydroxylation is 2. The van der Waals surface area contributed by atoms with Crippen LogP contribution in [-0.2, 0) is 18.4 Å². The largest absolute Gasteiger partial charge is 0.350 e. The summed E-state index contributed by atoms with van der Waals surface area (Å²) in [6, 6.07) is 4.43. The number of nitrogens with zero attached hydrogens (tertiary/aromatic N) is 3. The molecule has 0 aliphatic carbocycles. The zero-order chi connectivity index (χ0) is 16.7. The number of piperidine rings is 1. The second-order valence-corrected chi connectivity index (χ2v) is 8.57. The molecule has 2 aliphatic heterocycles. The van der Waals surface area contributed by atoms with Crippen molar-refractivity contribution in [3.05, 3.63) is 39.8 Å². The monoisotopic (exact) mass is 344 g/mol. The molecule has 1 atom stereocenters. The van der Waals surface area contributed by atoms with Crippen molar-refractivity contribution in [1.82, 2.24) is 20.0 Å². The van der Waals surface area contributed by atoms with Crippen molar-refractivity contribution < 1.29 is 4.79 Å². The van der Waals surface area contributed by atoms with Crippen molar-refractivity contribution in [2.45, 2.75) is 44.2 Å². The van der Waals surface area contributed by atoms with Gasteiger partial charge in [-0.25, -0.2) is 0 Å². The highest BCUT2D eigenvalue weighted by atomic mass is 32.1. The molecule has 1 unspecified atom stereocenters. The molecule has 2 aromatic heterocycles. The fraction of sp³-hybridized carbons (Fsp3) is 0.556. The van der Waals surface area contributed by atoms with Gasteiger partial charge in [-0.3, -0.25) is 14.4 Å². The van der Waals surface area contributed by atoms with Gasteiger partial charge in [0, 0.05) is 60.5 Å². The van der Waals surface area contributed by atoms with Gasteiger partial charge in [0.25, 0.3) is 0 Å². The van der Waals surface area contributed by atoms with Crippen molar-refractivity contribution in [3.8, 4) is 0 Å². The van der Waals surface area contributed by atoms with Crippen LogP contribution >= 0.6 is 11.3 Å². The molecule has 2 saturated heterocycles. The van der Waals surface area contributed by atoms with Gasteiger partial charge in [-0.05, 0) is 37.5 Å². The molecule has 4 rings (SSSR count). The molecule has 0 aromatic carbocycles. The quantitative estimate of drug-likeness (QED) is 0.930. The number of nitrogens with one attached hydrogen (secondary N) is 1. The standard InChI is InChI=1S/C18H24N4OS/c1-13-3-4-15(24-13)12-22-7-5-18(6-8-22)16(9-17(23)20-18)14-10-19-21(2)11-14/h3-4,10-11,16H,5-9,12H2,1-2H3,(H,20,23). The third-order valence-corrected chi connectivity index (χ3v) is 6.48. The molecule has 2 aromatic rings. The molecular weight excluding hydrogens is 320 g/mol. The molecule has 6 heteroatoms. The Hall–Kier alpha value is -1.66. The summed E-state index contributed by atoms with van der Waals surface area (Å²) < 4.78 is 1.83. The Labute approximate surface area is 146 Å². The van der Waals surface area contributed by atoms with Gasteiger partial charge in [0.15, 0.2) is 0 Å². The molecule has 2 aliphatic rings. The first-order valence-corrected chi connectivity index (χ1v) is 9.43. The van der Waals surface area contributed by atoms with Gasteiger partial charge in [-0.2, -0.15) is 5.10 Å². The smallest absolute Gasteiger partial charge is 0.221 e. The van der Waals surface area contributed by atoms with E-state index in [4.69, 9.17) is 0 Å². The maximum Gasteiger partial charge on any atom is 0.221 e. The first-order chi connectivity index (χ1) is 11.5. The second-order valence-electron chi connectivity index (χ2n) is 7.20. The highest BCUT2D eigenvalue weighted by Gasteiger charge is 2.48. The maximum absolute atomic E-state index is 12.1. The SMILES string of the molecule is Cc1ccc(CN2CCC3(CC2)NC(=O)CC3c2cnn(C)c2)s1. The topological polar surface area (TPSA) is 50.2 Å². The molecule has 1 N–H and O–H groups in total. The van der Waals surface area contributed by atoms with E-state index in [0.717, 1.165) is 32.5 Å². The lowest BCUT2D eigenvalue weighted by Gasteiger charge is -2.42. The van der Waals surface area contributed by atoms with Crippen LogP contribution in [0.5, 0.6) is 0 Å². The fourth-order valence-electron chi connectivity index (χ4n) is 4.23. The normalized spacial score (nSPS) is 23.8. The third kappa shape index (κ3) is 2.89. The van der Waals surface area contributed by atoms with Crippen LogP contribution in [-0.4, -0.2) is 39.2 Å². The fourth-order valence-corrected chi connectivity index (χ4v) is 5.16. The highest BCUT2D eigenvalue weighted by molar-refractivity contribution is 7.11. The number of carbonyl (C=O) groups excluding carboxylic acids is 1. The number of amides is 1. The predicted octanol–water partition coefficient (Wildman–Crippen LogP) is 2.43. The molecule has 128 valence electrons. The Morgan fingerprint density at radius 2 is 2.17 bits per heavy atom. The lowest BCUT2D eigenvalue weighted by atomic mass is 9.75. The van der Waals surface area contributed by atoms with Gasteiger partial charge < -0.3 is 5.32 Å². The molecule has 1 amide bonds. The Kier molecular flexibility index (Phi) is 3.96. The van der Waals surface area contributed by atoms with Gasteiger partial charge in [-0.1, -0.05) is 0 Å². The van der Waals surface area contributed by atoms with Gasteiger partial charge >= 0.3 is 0 Å². The van der Waals surface area contributed by atoms with E-state index in [-0.39, 0.29) is 17.4 Å². The minimum Gasteiger partial charge on any atom is -0.350 e. The molecular formula is C18H24N4OS. The van der Waals surface area contributed by atoms with Crippen molar-refractivity contribution in [2.24, 2.45) is 7.05 Å². The van der Waals surface area contributed by atoms with E-state index in [9.17, 15) is 4.79 Å². The van der Waals surface area contributed by atoms with E-state index in [1.807, 2.05) is 29.3 Å². The van der Waals surface area contributed by atoms with Crippen LogP contribution in [0.15, 0.2) is 24.5 Å². The van der Waals surface area contributed by atoms with E-state index in [1.165, 1.54) is 15.3 Å². The minimum atomic E-state index is -0.0814. The lowest BCUT2D eigenvalue weighted by Crippen LogP contribution is -2.53. The van der Waals surface area contributed by atoms with Crippen LogP contribution in [0.25, 0.3) is 0 Å². The van der Waals surface area contributed by atoms with Crippen molar-refractivity contribution >= 4 is 17.2 Å². The van der Waals surface area contributed by atoms with E-state index >= 15 is 0 Å². The van der Waals surface area contributed by atoms with Crippen LogP contribution in [0.2, 0.25) is 0 Å². The van der Waals surface area contributed by atoms with Crippen LogP contribution in [0.1, 0.15) is 40.5 Å². The number of aromatic nitrogens is 2. The van der Waals surface area contributed by atoms with Gasteiger partial charge in [0.2, 0.25) is 5.91 Å². The first-order valence-electron chi connectivity index (χ1n) is 8.61. The van der Waals surface area contributed by atoms with Crippen LogP contribution in [0.4, 0.5) is 0 Å². The number of thiophene rings is 1. The van der Waals surface area contributed by atoms with E-state index in [0.29, 0.717) is 6.42 Å². The molecule has 5 nitrogen and oxygen atoms in total. The first kappa shape index (κ1) is 15.8. The minimum absolute atomic E-state index is 0.0814. The van der Waals surface area contributed by atoms with E-state index in [1.54, 1.807) is 0 Å². The molecule has 4 heterocycles. The number of hydrogen-bond donors (Lipinski definition) is 1. The lowest BCUT2D eigenvalue weighted by molar-refractivity contribution is -0.120. The van der Waals surface area contributed by atoms with Gasteiger partial charge in [0.05, 0.1) is 6.20 Å². The summed E-state index contributed by atoms with van der Waals surface area (Å²) in [5.74, 6) is 0.441. The average molecular weight is 344 g/mol. The number of rotatable bonds is 3. The van der Waals surface area contributed by atoms with E-state index < -0.39 is 0 Å². The summed E-state index contributed by atoms with van der Waals surface area (Å²) in [7, 11) is 1.94. The highest BCUT2D eigenvalue weighted by Crippen LogP contribution is 2.43. The van der Waals surface area contributed by atoms with Gasteiger partial charge in [-0.15, -0.1) is 11.3 Å². The summed E-state index contributed by atoms with van der Waals surface area (Å²) in [4.78, 5) is 17.5. The Balaban J connectivity index is 1.47. The zero-order valence-corrected chi connectivity index (χ0v) is 15.1. The summed E-state index contributed by atoms with van der Waals surface area (Å²) in [5, 5.41) is 7.62. The second kappa shape index (κ2) is 6.01.